The Morgan fingerprint density at radius 2 is 2.21 bits per heavy atom. The molecule has 0 aliphatic carbocycles. The Kier molecular flexibility index (Phi) is 2.97. The van der Waals surface area contributed by atoms with Gasteiger partial charge in [-0.25, -0.2) is 0 Å². The van der Waals surface area contributed by atoms with Gasteiger partial charge in [0.1, 0.15) is 5.75 Å². The van der Waals surface area contributed by atoms with Gasteiger partial charge >= 0.3 is 0 Å². The molecule has 1 aromatic carbocycles. The summed E-state index contributed by atoms with van der Waals surface area (Å²) in [5.41, 5.74) is 1.39. The molecule has 0 fully saturated rings. The number of halogens is 1. The molecule has 1 heterocycles. The second kappa shape index (κ2) is 4.06. The largest absolute Gasteiger partial charge is 0.495 e. The van der Waals surface area contributed by atoms with E-state index in [1.807, 2.05) is 0 Å². The highest BCUT2D eigenvalue weighted by Crippen LogP contribution is 2.36. The molecule has 0 aliphatic heterocycles. The molecular weight excluding hydrogens is 307 g/mol. The van der Waals surface area contributed by atoms with Crippen LogP contribution in [0.3, 0.4) is 0 Å². The molecule has 0 radical (unpaired) electrons. The van der Waals surface area contributed by atoms with Crippen LogP contribution >= 0.6 is 33.9 Å². The van der Waals surface area contributed by atoms with E-state index >= 15 is 0 Å². The summed E-state index contributed by atoms with van der Waals surface area (Å²) in [5, 5.41) is 3.34. The van der Waals surface area contributed by atoms with E-state index in [0.29, 0.717) is 0 Å². The van der Waals surface area contributed by atoms with Crippen LogP contribution in [0.4, 0.5) is 0 Å². The highest BCUT2D eigenvalue weighted by molar-refractivity contribution is 14.1. The minimum absolute atomic E-state index is 0.997. The molecule has 0 unspecified atom stereocenters. The molecule has 14 heavy (non-hydrogen) atoms. The van der Waals surface area contributed by atoms with Gasteiger partial charge in [0, 0.05) is 19.0 Å². The molecular formula is C11H11IOS. The highest BCUT2D eigenvalue weighted by atomic mass is 127. The summed E-state index contributed by atoms with van der Waals surface area (Å²) in [6.07, 6.45) is 1.09. The number of thiophene rings is 1. The van der Waals surface area contributed by atoms with E-state index in [-0.39, 0.29) is 0 Å². The predicted molar refractivity (Wildman–Crippen MR) is 70.5 cm³/mol. The third-order valence-electron chi connectivity index (χ3n) is 2.28. The van der Waals surface area contributed by atoms with Crippen molar-refractivity contribution in [3.8, 4) is 5.75 Å². The van der Waals surface area contributed by atoms with Crippen molar-refractivity contribution in [3.63, 3.8) is 0 Å². The van der Waals surface area contributed by atoms with Crippen LogP contribution in [0, 0.1) is 3.57 Å². The number of benzene rings is 1. The van der Waals surface area contributed by atoms with Crippen LogP contribution in [-0.4, -0.2) is 7.11 Å². The lowest BCUT2D eigenvalue weighted by Crippen LogP contribution is -1.85. The summed E-state index contributed by atoms with van der Waals surface area (Å²) < 4.78 is 7.94. The molecule has 1 aromatic heterocycles. The molecule has 2 rings (SSSR count). The fourth-order valence-corrected chi connectivity index (χ4v) is 3.63. The van der Waals surface area contributed by atoms with Gasteiger partial charge in [-0.15, -0.1) is 11.3 Å². The minimum atomic E-state index is 0.997. The normalized spacial score (nSPS) is 10.8. The van der Waals surface area contributed by atoms with E-state index in [2.05, 4.69) is 47.0 Å². The lowest BCUT2D eigenvalue weighted by molar-refractivity contribution is 0.421. The summed E-state index contributed by atoms with van der Waals surface area (Å²) in [7, 11) is 1.73. The van der Waals surface area contributed by atoms with E-state index in [1.165, 1.54) is 19.2 Å². The summed E-state index contributed by atoms with van der Waals surface area (Å²) in [6, 6.07) is 4.49. The van der Waals surface area contributed by atoms with Gasteiger partial charge < -0.3 is 4.74 Å². The number of rotatable bonds is 2. The predicted octanol–water partition coefficient (Wildman–Crippen LogP) is 4.08. The summed E-state index contributed by atoms with van der Waals surface area (Å²) in [5.74, 6) is 0.997. The van der Waals surface area contributed by atoms with Gasteiger partial charge in [0.25, 0.3) is 0 Å². The van der Waals surface area contributed by atoms with Gasteiger partial charge in [-0.3, -0.25) is 0 Å². The molecule has 0 aliphatic rings. The molecule has 0 bridgehead atoms. The van der Waals surface area contributed by atoms with Crippen molar-refractivity contribution in [1.82, 2.24) is 0 Å². The molecule has 3 heteroatoms. The van der Waals surface area contributed by atoms with Crippen LogP contribution in [0.2, 0.25) is 0 Å². The number of fused-ring (bicyclic) bond motifs is 1. The molecule has 0 amide bonds. The monoisotopic (exact) mass is 318 g/mol. The van der Waals surface area contributed by atoms with Crippen LogP contribution in [0.25, 0.3) is 10.1 Å². The third kappa shape index (κ3) is 1.63. The van der Waals surface area contributed by atoms with Crippen LogP contribution in [-0.2, 0) is 6.42 Å². The maximum absolute atomic E-state index is 5.33. The highest BCUT2D eigenvalue weighted by Gasteiger charge is 2.08. The number of hydrogen-bond acceptors (Lipinski definition) is 2. The van der Waals surface area contributed by atoms with Crippen LogP contribution in [0.5, 0.6) is 5.75 Å². The lowest BCUT2D eigenvalue weighted by atomic mass is 10.1. The summed E-state index contributed by atoms with van der Waals surface area (Å²) in [4.78, 5) is 0. The van der Waals surface area contributed by atoms with Crippen molar-refractivity contribution < 1.29 is 4.74 Å². The first kappa shape index (κ1) is 10.2. The van der Waals surface area contributed by atoms with Gasteiger partial charge in [0.15, 0.2) is 0 Å². The summed E-state index contributed by atoms with van der Waals surface area (Å²) >= 11 is 4.13. The van der Waals surface area contributed by atoms with E-state index < -0.39 is 0 Å². The first-order valence-corrected chi connectivity index (χ1v) is 6.45. The van der Waals surface area contributed by atoms with Crippen molar-refractivity contribution in [3.05, 3.63) is 26.6 Å². The number of hydrogen-bond donors (Lipinski definition) is 0. The Hall–Kier alpha value is -0.290. The van der Waals surface area contributed by atoms with Crippen molar-refractivity contribution in [2.45, 2.75) is 13.3 Å². The smallest absolute Gasteiger partial charge is 0.138 e. The van der Waals surface area contributed by atoms with Gasteiger partial charge in [-0.1, -0.05) is 6.92 Å². The van der Waals surface area contributed by atoms with E-state index in [0.717, 1.165) is 12.2 Å². The first-order valence-electron chi connectivity index (χ1n) is 4.50. The van der Waals surface area contributed by atoms with Gasteiger partial charge in [0.2, 0.25) is 0 Å². The zero-order valence-electron chi connectivity index (χ0n) is 8.13. The second-order valence-electron chi connectivity index (χ2n) is 3.11. The maximum Gasteiger partial charge on any atom is 0.138 e. The number of ether oxygens (including phenoxy) is 1. The van der Waals surface area contributed by atoms with Crippen molar-refractivity contribution in [2.24, 2.45) is 0 Å². The first-order chi connectivity index (χ1) is 6.76. The Labute approximate surface area is 101 Å². The Morgan fingerprint density at radius 1 is 1.43 bits per heavy atom. The minimum Gasteiger partial charge on any atom is -0.495 e. The van der Waals surface area contributed by atoms with Gasteiger partial charge in [-0.05, 0) is 46.7 Å². The lowest BCUT2D eigenvalue weighted by Gasteiger charge is -2.02. The fraction of sp³-hybridized carbons (Fsp3) is 0.273. The Morgan fingerprint density at radius 3 is 2.86 bits per heavy atom. The van der Waals surface area contributed by atoms with Crippen molar-refractivity contribution in [1.29, 1.82) is 0 Å². The molecule has 0 saturated heterocycles. The maximum atomic E-state index is 5.33. The van der Waals surface area contributed by atoms with Gasteiger partial charge in [0.05, 0.1) is 7.11 Å². The van der Waals surface area contributed by atoms with Gasteiger partial charge in [-0.2, -0.15) is 0 Å². The van der Waals surface area contributed by atoms with Crippen LogP contribution in [0.15, 0.2) is 17.5 Å². The Bertz CT molecular complexity index is 462. The second-order valence-corrected chi connectivity index (χ2v) is 5.18. The SMILES string of the molecule is CCc1cc(I)c2c(OC)csc2c1. The molecule has 0 N–H and O–H groups in total. The van der Waals surface area contributed by atoms with E-state index in [9.17, 15) is 0 Å². The standard InChI is InChI=1S/C11H11IOS/c1-3-7-4-8(12)11-9(13-2)6-14-10(11)5-7/h4-6H,3H2,1-2H3. The summed E-state index contributed by atoms with van der Waals surface area (Å²) in [6.45, 7) is 2.18. The molecule has 0 spiro atoms. The molecule has 74 valence electrons. The third-order valence-corrected chi connectivity index (χ3v) is 4.04. The average Bonchev–Trinajstić information content (AvgIpc) is 2.61. The van der Waals surface area contributed by atoms with Crippen molar-refractivity contribution in [2.75, 3.05) is 7.11 Å². The Balaban J connectivity index is 2.72. The molecule has 2 aromatic rings. The zero-order valence-corrected chi connectivity index (χ0v) is 11.1. The molecule has 0 saturated carbocycles. The fourth-order valence-electron chi connectivity index (χ4n) is 1.50. The quantitative estimate of drug-likeness (QED) is 0.758. The van der Waals surface area contributed by atoms with E-state index in [4.69, 9.17) is 4.74 Å². The molecule has 0 atom stereocenters. The average molecular weight is 318 g/mol. The topological polar surface area (TPSA) is 9.23 Å². The zero-order chi connectivity index (χ0) is 10.1. The number of aryl methyl sites for hydroxylation is 1. The van der Waals surface area contributed by atoms with Crippen LogP contribution < -0.4 is 4.74 Å². The number of methoxy groups -OCH3 is 1. The van der Waals surface area contributed by atoms with E-state index in [1.54, 1.807) is 18.4 Å². The van der Waals surface area contributed by atoms with Crippen molar-refractivity contribution >= 4 is 44.0 Å². The molecule has 1 nitrogen and oxygen atoms in total. The van der Waals surface area contributed by atoms with Crippen LogP contribution in [0.1, 0.15) is 12.5 Å².